The maximum atomic E-state index is 11.9. The number of unbranched alkanes of at least 4 members (excludes halogenated alkanes) is 6. The van der Waals surface area contributed by atoms with Crippen LogP contribution in [0.15, 0.2) is 23.9 Å². The van der Waals surface area contributed by atoms with Crippen LogP contribution in [0.3, 0.4) is 0 Å². The van der Waals surface area contributed by atoms with Gasteiger partial charge in [-0.1, -0.05) is 65.7 Å². The van der Waals surface area contributed by atoms with Crippen molar-refractivity contribution in [2.45, 2.75) is 104 Å². The zero-order valence-corrected chi connectivity index (χ0v) is 18.7. The average Bonchev–Trinajstić information content (AvgIpc) is 2.66. The molecule has 0 bridgehead atoms. The topological polar surface area (TPSA) is 101 Å². The zero-order valence-electron chi connectivity index (χ0n) is 18.7. The third-order valence-corrected chi connectivity index (χ3v) is 5.25. The molecule has 1 unspecified atom stereocenters. The monoisotopic (exact) mass is 413 g/mol. The number of aliphatic hydroxyl groups is 3. The summed E-state index contributed by atoms with van der Waals surface area (Å²) in [6, 6.07) is -0.984. The van der Waals surface area contributed by atoms with Gasteiger partial charge in [-0.25, -0.2) is 0 Å². The summed E-state index contributed by atoms with van der Waals surface area (Å²) < 4.78 is -0.327. The van der Waals surface area contributed by atoms with E-state index in [-0.39, 0.29) is 29.2 Å². The summed E-state index contributed by atoms with van der Waals surface area (Å²) in [6.45, 7) is 5.89. The van der Waals surface area contributed by atoms with E-state index in [1.807, 2.05) is 6.92 Å². The van der Waals surface area contributed by atoms with Crippen LogP contribution in [0.25, 0.3) is 0 Å². The molecule has 0 fully saturated rings. The summed E-state index contributed by atoms with van der Waals surface area (Å²) in [5.41, 5.74) is 0. The van der Waals surface area contributed by atoms with Crippen molar-refractivity contribution in [1.82, 2.24) is 0 Å². The highest BCUT2D eigenvalue weighted by atomic mass is 16.4. The third kappa shape index (κ3) is 11.3. The summed E-state index contributed by atoms with van der Waals surface area (Å²) in [5, 5.41) is 42.6. The van der Waals surface area contributed by atoms with Crippen molar-refractivity contribution < 1.29 is 29.7 Å². The van der Waals surface area contributed by atoms with Crippen molar-refractivity contribution in [3.63, 3.8) is 0 Å². The number of allylic oxidation sites excluding steroid dienone is 2. The molecule has 0 saturated heterocycles. The summed E-state index contributed by atoms with van der Waals surface area (Å²) in [5.74, 6) is -1.07. The SMILES string of the molecule is CCCCCC/C(O)=C/[N+](/C=C(\O)CCCCCC)(CCO)C(CCC)C(=O)[O-]. The quantitative estimate of drug-likeness (QED) is 0.175. The Bertz CT molecular complexity index is 473. The van der Waals surface area contributed by atoms with Crippen LogP contribution in [0.2, 0.25) is 0 Å². The van der Waals surface area contributed by atoms with Gasteiger partial charge in [-0.15, -0.1) is 0 Å². The molecule has 0 saturated carbocycles. The highest BCUT2D eigenvalue weighted by Gasteiger charge is 2.36. The highest BCUT2D eigenvalue weighted by Crippen LogP contribution is 2.25. The van der Waals surface area contributed by atoms with E-state index in [2.05, 4.69) is 13.8 Å². The number of quaternary nitrogens is 1. The van der Waals surface area contributed by atoms with Gasteiger partial charge in [0.1, 0.15) is 42.5 Å². The molecule has 0 rings (SSSR count). The second-order valence-corrected chi connectivity index (χ2v) is 7.93. The first-order valence-electron chi connectivity index (χ1n) is 11.4. The molecule has 6 heteroatoms. The first-order chi connectivity index (χ1) is 13.9. The molecule has 0 radical (unpaired) electrons. The highest BCUT2D eigenvalue weighted by molar-refractivity contribution is 5.70. The summed E-state index contributed by atoms with van der Waals surface area (Å²) in [4.78, 5) is 11.9. The van der Waals surface area contributed by atoms with E-state index < -0.39 is 12.0 Å². The lowest BCUT2D eigenvalue weighted by molar-refractivity contribution is -0.851. The number of rotatable bonds is 18. The lowest BCUT2D eigenvalue weighted by atomic mass is 10.1. The van der Waals surface area contributed by atoms with E-state index in [1.54, 1.807) is 0 Å². The van der Waals surface area contributed by atoms with Crippen molar-refractivity contribution in [2.24, 2.45) is 0 Å². The Morgan fingerprint density at radius 2 is 1.34 bits per heavy atom. The molecule has 3 N–H and O–H groups in total. The molecular formula is C23H43NO5. The minimum Gasteiger partial charge on any atom is -0.544 e. The van der Waals surface area contributed by atoms with Crippen LogP contribution in [0, 0.1) is 0 Å². The average molecular weight is 414 g/mol. The number of carboxylic acid groups (broad SMARTS) is 1. The molecule has 6 nitrogen and oxygen atoms in total. The van der Waals surface area contributed by atoms with Crippen LogP contribution in [-0.2, 0) is 4.79 Å². The van der Waals surface area contributed by atoms with Gasteiger partial charge in [0.05, 0.1) is 6.61 Å². The lowest BCUT2D eigenvalue weighted by Gasteiger charge is -2.39. The molecule has 0 amide bonds. The Hall–Kier alpha value is -1.53. The minimum absolute atomic E-state index is 0.0523. The number of carbonyl (C=O) groups excluding carboxylic acids is 1. The molecule has 0 aromatic carbocycles. The smallest absolute Gasteiger partial charge is 0.146 e. The van der Waals surface area contributed by atoms with E-state index in [9.17, 15) is 25.2 Å². The Balaban J connectivity index is 5.78. The van der Waals surface area contributed by atoms with Crippen molar-refractivity contribution >= 4 is 5.97 Å². The fraction of sp³-hybridized carbons (Fsp3) is 0.783. The standard InChI is InChI=1S/C23H43NO5/c1-4-7-9-11-14-20(26)18-24(16-17-25,22(13-6-3)23(28)29)19-21(27)15-12-10-8-5-2/h18-19,22,25H,4-17H2,1-3H3,(H2-,26,27,28,29)/b20-18-,21-19-. The van der Waals surface area contributed by atoms with Crippen LogP contribution >= 0.6 is 0 Å². The van der Waals surface area contributed by atoms with E-state index in [4.69, 9.17) is 0 Å². The predicted molar refractivity (Wildman–Crippen MR) is 115 cm³/mol. The number of aliphatic hydroxyl groups excluding tert-OH is 3. The van der Waals surface area contributed by atoms with E-state index in [0.29, 0.717) is 25.7 Å². The minimum atomic E-state index is -1.25. The maximum Gasteiger partial charge on any atom is 0.146 e. The fourth-order valence-corrected chi connectivity index (χ4v) is 3.65. The van der Waals surface area contributed by atoms with Gasteiger partial charge in [-0.05, 0) is 12.8 Å². The zero-order chi connectivity index (χ0) is 22.1. The molecule has 0 aromatic heterocycles. The normalized spacial score (nSPS) is 15.9. The van der Waals surface area contributed by atoms with Gasteiger partial charge < -0.3 is 25.2 Å². The van der Waals surface area contributed by atoms with Gasteiger partial charge >= 0.3 is 0 Å². The van der Waals surface area contributed by atoms with Crippen molar-refractivity contribution in [3.8, 4) is 0 Å². The molecule has 0 heterocycles. The Morgan fingerprint density at radius 3 is 1.69 bits per heavy atom. The van der Waals surface area contributed by atoms with Gasteiger partial charge in [0, 0.05) is 19.3 Å². The van der Waals surface area contributed by atoms with E-state index in [0.717, 1.165) is 51.4 Å². The van der Waals surface area contributed by atoms with Crippen molar-refractivity contribution in [3.05, 3.63) is 23.9 Å². The molecular weight excluding hydrogens is 370 g/mol. The Kier molecular flexibility index (Phi) is 15.4. The summed E-state index contributed by atoms with van der Waals surface area (Å²) >= 11 is 0. The maximum absolute atomic E-state index is 11.9. The number of hydrogen-bond donors (Lipinski definition) is 3. The Morgan fingerprint density at radius 1 is 0.862 bits per heavy atom. The molecule has 0 aliphatic carbocycles. The van der Waals surface area contributed by atoms with Gasteiger partial charge in [0.25, 0.3) is 0 Å². The van der Waals surface area contributed by atoms with E-state index in [1.165, 1.54) is 12.4 Å². The predicted octanol–water partition coefficient (Wildman–Crippen LogP) is 4.45. The van der Waals surface area contributed by atoms with Crippen molar-refractivity contribution in [2.75, 3.05) is 13.2 Å². The van der Waals surface area contributed by atoms with Crippen LogP contribution in [0.5, 0.6) is 0 Å². The number of hydrogen-bond acceptors (Lipinski definition) is 5. The van der Waals surface area contributed by atoms with Crippen LogP contribution in [0.4, 0.5) is 0 Å². The number of carboxylic acids is 1. The first-order valence-corrected chi connectivity index (χ1v) is 11.4. The molecule has 0 aromatic rings. The van der Waals surface area contributed by atoms with Crippen molar-refractivity contribution in [1.29, 1.82) is 0 Å². The fourth-order valence-electron chi connectivity index (χ4n) is 3.65. The van der Waals surface area contributed by atoms with Gasteiger partial charge in [-0.3, -0.25) is 4.48 Å². The summed E-state index contributed by atoms with van der Waals surface area (Å²) in [7, 11) is 0. The number of aliphatic carboxylic acids is 1. The molecule has 0 aliphatic heterocycles. The van der Waals surface area contributed by atoms with Crippen LogP contribution in [-0.4, -0.2) is 45.0 Å². The first kappa shape index (κ1) is 27.5. The lowest BCUT2D eigenvalue weighted by Crippen LogP contribution is -2.57. The molecule has 1 atom stereocenters. The largest absolute Gasteiger partial charge is 0.544 e. The van der Waals surface area contributed by atoms with Crippen LogP contribution < -0.4 is 5.11 Å². The number of nitrogens with zero attached hydrogens (tertiary/aromatic N) is 1. The third-order valence-electron chi connectivity index (χ3n) is 5.25. The summed E-state index contributed by atoms with van der Waals surface area (Å²) in [6.07, 6.45) is 12.8. The molecule has 0 spiro atoms. The molecule has 0 aliphatic rings. The Labute approximate surface area is 177 Å². The second-order valence-electron chi connectivity index (χ2n) is 7.93. The second kappa shape index (κ2) is 16.3. The van der Waals surface area contributed by atoms with Crippen LogP contribution in [0.1, 0.15) is 97.8 Å². The molecule has 170 valence electrons. The van der Waals surface area contributed by atoms with E-state index >= 15 is 0 Å². The van der Waals surface area contributed by atoms with Gasteiger partial charge in [-0.2, -0.15) is 0 Å². The molecule has 29 heavy (non-hydrogen) atoms. The van der Waals surface area contributed by atoms with Gasteiger partial charge in [0.2, 0.25) is 0 Å². The number of carbonyl (C=O) groups is 1. The van der Waals surface area contributed by atoms with Gasteiger partial charge in [0.15, 0.2) is 0 Å².